The number of rotatable bonds is 8. The molecule has 0 saturated heterocycles. The third-order valence-electron chi connectivity index (χ3n) is 3.84. The summed E-state index contributed by atoms with van der Waals surface area (Å²) in [7, 11) is 0. The van der Waals surface area contributed by atoms with E-state index in [1.165, 1.54) is 19.3 Å². The Morgan fingerprint density at radius 2 is 1.71 bits per heavy atom. The molecule has 0 amide bonds. The van der Waals surface area contributed by atoms with Gasteiger partial charge in [-0.2, -0.15) is 0 Å². The molecule has 0 aliphatic carbocycles. The molecule has 2 unspecified atom stereocenters. The third-order valence-corrected chi connectivity index (χ3v) is 3.84. The summed E-state index contributed by atoms with van der Waals surface area (Å²) < 4.78 is 0. The Hall–Kier alpha value is -0.530. The number of aliphatic carboxylic acids is 1. The van der Waals surface area contributed by atoms with E-state index in [1.54, 1.807) is 0 Å². The summed E-state index contributed by atoms with van der Waals surface area (Å²) in [4.78, 5) is 11.0. The lowest BCUT2D eigenvalue weighted by Crippen LogP contribution is -2.23. The van der Waals surface area contributed by atoms with Crippen molar-refractivity contribution < 1.29 is 9.90 Å². The van der Waals surface area contributed by atoms with Gasteiger partial charge in [-0.05, 0) is 37.0 Å². The average Bonchev–Trinajstić information content (AvgIpc) is 2.20. The molecule has 0 rings (SSSR count). The van der Waals surface area contributed by atoms with Crippen molar-refractivity contribution in [1.29, 1.82) is 0 Å². The average molecular weight is 242 g/mol. The largest absolute Gasteiger partial charge is 0.481 e. The minimum absolute atomic E-state index is 0.151. The van der Waals surface area contributed by atoms with Gasteiger partial charge in [-0.3, -0.25) is 4.79 Å². The fourth-order valence-corrected chi connectivity index (χ4v) is 2.37. The quantitative estimate of drug-likeness (QED) is 0.668. The van der Waals surface area contributed by atoms with Crippen molar-refractivity contribution in [3.05, 3.63) is 0 Å². The number of carboxylic acid groups (broad SMARTS) is 1. The fraction of sp³-hybridized carbons (Fsp3) is 0.933. The van der Waals surface area contributed by atoms with Crippen LogP contribution in [0.1, 0.15) is 73.1 Å². The third kappa shape index (κ3) is 6.70. The zero-order valence-corrected chi connectivity index (χ0v) is 12.3. The maximum absolute atomic E-state index is 11.0. The lowest BCUT2D eigenvalue weighted by atomic mass is 9.74. The van der Waals surface area contributed by atoms with E-state index in [1.807, 2.05) is 6.92 Å². The Bertz CT molecular complexity index is 215. The highest BCUT2D eigenvalue weighted by molar-refractivity contribution is 5.69. The molecule has 0 fully saturated rings. The van der Waals surface area contributed by atoms with Crippen LogP contribution in [0.4, 0.5) is 0 Å². The molecule has 0 aromatic carbocycles. The van der Waals surface area contributed by atoms with E-state index in [2.05, 4.69) is 27.7 Å². The first-order chi connectivity index (χ1) is 7.82. The molecule has 1 N–H and O–H groups in total. The molecule has 0 radical (unpaired) electrons. The van der Waals surface area contributed by atoms with Gasteiger partial charge in [0.05, 0.1) is 5.92 Å². The standard InChI is InChI=1S/C15H30O2/c1-6-8-9-13(15(3,4)5)11-10-12(7-2)14(16)17/h12-13H,6-11H2,1-5H3,(H,16,17). The Kier molecular flexibility index (Phi) is 7.49. The van der Waals surface area contributed by atoms with Crippen molar-refractivity contribution in [1.82, 2.24) is 0 Å². The lowest BCUT2D eigenvalue weighted by Gasteiger charge is -2.31. The highest BCUT2D eigenvalue weighted by Crippen LogP contribution is 2.35. The van der Waals surface area contributed by atoms with E-state index < -0.39 is 5.97 Å². The van der Waals surface area contributed by atoms with Gasteiger partial charge in [0, 0.05) is 0 Å². The van der Waals surface area contributed by atoms with Gasteiger partial charge in [0.2, 0.25) is 0 Å². The second-order valence-electron chi connectivity index (χ2n) is 6.23. The first-order valence-corrected chi connectivity index (χ1v) is 7.05. The normalized spacial score (nSPS) is 15.6. The van der Waals surface area contributed by atoms with Crippen LogP contribution in [0.25, 0.3) is 0 Å². The van der Waals surface area contributed by atoms with E-state index in [9.17, 15) is 4.79 Å². The van der Waals surface area contributed by atoms with Gasteiger partial charge in [-0.25, -0.2) is 0 Å². The summed E-state index contributed by atoms with van der Waals surface area (Å²) in [5.74, 6) is -0.132. The van der Waals surface area contributed by atoms with E-state index in [0.29, 0.717) is 11.3 Å². The van der Waals surface area contributed by atoms with Crippen molar-refractivity contribution in [2.24, 2.45) is 17.3 Å². The molecular formula is C15H30O2. The van der Waals surface area contributed by atoms with Gasteiger partial charge in [0.15, 0.2) is 0 Å². The first-order valence-electron chi connectivity index (χ1n) is 7.05. The van der Waals surface area contributed by atoms with Crippen molar-refractivity contribution in [3.8, 4) is 0 Å². The molecule has 2 nitrogen and oxygen atoms in total. The predicted molar refractivity (Wildman–Crippen MR) is 73.1 cm³/mol. The SMILES string of the molecule is CCCCC(CCC(CC)C(=O)O)C(C)(C)C. The minimum atomic E-state index is -0.629. The van der Waals surface area contributed by atoms with Crippen LogP contribution < -0.4 is 0 Å². The zero-order valence-electron chi connectivity index (χ0n) is 12.3. The molecule has 0 spiro atoms. The van der Waals surface area contributed by atoms with Crippen LogP contribution in [-0.4, -0.2) is 11.1 Å². The van der Waals surface area contributed by atoms with Gasteiger partial charge < -0.3 is 5.11 Å². The molecule has 0 heterocycles. The summed E-state index contributed by atoms with van der Waals surface area (Å²) in [5.41, 5.74) is 0.298. The number of hydrogen-bond acceptors (Lipinski definition) is 1. The summed E-state index contributed by atoms with van der Waals surface area (Å²) in [5, 5.41) is 9.07. The number of unbranched alkanes of at least 4 members (excludes halogenated alkanes) is 1. The molecule has 2 heteroatoms. The second-order valence-corrected chi connectivity index (χ2v) is 6.23. The lowest BCUT2D eigenvalue weighted by molar-refractivity contribution is -0.142. The van der Waals surface area contributed by atoms with Crippen LogP contribution in [0.15, 0.2) is 0 Å². The molecule has 0 saturated carbocycles. The summed E-state index contributed by atoms with van der Waals surface area (Å²) in [6.45, 7) is 11.0. The fourth-order valence-electron chi connectivity index (χ4n) is 2.37. The number of carboxylic acids is 1. The van der Waals surface area contributed by atoms with E-state index in [4.69, 9.17) is 5.11 Å². The molecule has 0 aromatic heterocycles. The Labute approximate surface area is 107 Å². The molecule has 102 valence electrons. The highest BCUT2D eigenvalue weighted by Gasteiger charge is 2.26. The molecular weight excluding hydrogens is 212 g/mol. The van der Waals surface area contributed by atoms with Crippen LogP contribution >= 0.6 is 0 Å². The molecule has 0 aliphatic rings. The zero-order chi connectivity index (χ0) is 13.5. The summed E-state index contributed by atoms with van der Waals surface area (Å²) in [6, 6.07) is 0. The highest BCUT2D eigenvalue weighted by atomic mass is 16.4. The van der Waals surface area contributed by atoms with Gasteiger partial charge >= 0.3 is 5.97 Å². The van der Waals surface area contributed by atoms with Gasteiger partial charge in [-0.1, -0.05) is 47.5 Å². The smallest absolute Gasteiger partial charge is 0.306 e. The Morgan fingerprint density at radius 1 is 1.12 bits per heavy atom. The maximum Gasteiger partial charge on any atom is 0.306 e. The van der Waals surface area contributed by atoms with Crippen LogP contribution in [0, 0.1) is 17.3 Å². The Balaban J connectivity index is 4.29. The first kappa shape index (κ1) is 16.5. The topological polar surface area (TPSA) is 37.3 Å². The number of carbonyl (C=O) groups is 1. The molecule has 0 aromatic rings. The molecule has 0 bridgehead atoms. The van der Waals surface area contributed by atoms with Gasteiger partial charge in [0.25, 0.3) is 0 Å². The van der Waals surface area contributed by atoms with E-state index in [-0.39, 0.29) is 5.92 Å². The van der Waals surface area contributed by atoms with Gasteiger partial charge in [0.1, 0.15) is 0 Å². The minimum Gasteiger partial charge on any atom is -0.481 e. The number of hydrogen-bond donors (Lipinski definition) is 1. The summed E-state index contributed by atoms with van der Waals surface area (Å²) >= 11 is 0. The van der Waals surface area contributed by atoms with Gasteiger partial charge in [-0.15, -0.1) is 0 Å². The van der Waals surface area contributed by atoms with Crippen molar-refractivity contribution >= 4 is 5.97 Å². The van der Waals surface area contributed by atoms with E-state index in [0.717, 1.165) is 19.3 Å². The molecule has 17 heavy (non-hydrogen) atoms. The van der Waals surface area contributed by atoms with Crippen molar-refractivity contribution in [3.63, 3.8) is 0 Å². The Morgan fingerprint density at radius 3 is 2.06 bits per heavy atom. The molecule has 0 aliphatic heterocycles. The van der Waals surface area contributed by atoms with Crippen LogP contribution in [-0.2, 0) is 4.79 Å². The van der Waals surface area contributed by atoms with Crippen LogP contribution in [0.2, 0.25) is 0 Å². The monoisotopic (exact) mass is 242 g/mol. The maximum atomic E-state index is 11.0. The van der Waals surface area contributed by atoms with E-state index >= 15 is 0 Å². The van der Waals surface area contributed by atoms with Crippen LogP contribution in [0.3, 0.4) is 0 Å². The van der Waals surface area contributed by atoms with Crippen molar-refractivity contribution in [2.75, 3.05) is 0 Å². The van der Waals surface area contributed by atoms with Crippen LogP contribution in [0.5, 0.6) is 0 Å². The molecule has 2 atom stereocenters. The predicted octanol–water partition coefficient (Wildman–Crippen LogP) is 4.73. The van der Waals surface area contributed by atoms with Crippen molar-refractivity contribution in [2.45, 2.75) is 73.1 Å². The second kappa shape index (κ2) is 7.73. The summed E-state index contributed by atoms with van der Waals surface area (Å²) in [6.07, 6.45) is 6.34.